The maximum atomic E-state index is 14.9. The van der Waals surface area contributed by atoms with E-state index >= 15 is 0 Å². The summed E-state index contributed by atoms with van der Waals surface area (Å²) < 4.78 is 14.9. The van der Waals surface area contributed by atoms with Crippen LogP contribution in [0.15, 0.2) is 42.7 Å². The number of pyridine rings is 1. The number of hydrogen-bond donors (Lipinski definition) is 0. The molecule has 0 atom stereocenters. The summed E-state index contributed by atoms with van der Waals surface area (Å²) in [6.07, 6.45) is 9.11. The maximum absolute atomic E-state index is 14.9. The lowest BCUT2D eigenvalue weighted by atomic mass is 10.1. The van der Waals surface area contributed by atoms with Crippen molar-refractivity contribution < 1.29 is 9.18 Å². The fourth-order valence-electron chi connectivity index (χ4n) is 5.27. The Hall–Kier alpha value is -2.89. The van der Waals surface area contributed by atoms with E-state index in [1.807, 2.05) is 11.0 Å². The van der Waals surface area contributed by atoms with Crippen molar-refractivity contribution in [3.8, 4) is 0 Å². The van der Waals surface area contributed by atoms with E-state index in [0.717, 1.165) is 49.7 Å². The van der Waals surface area contributed by atoms with Gasteiger partial charge < -0.3 is 14.7 Å². The second kappa shape index (κ2) is 8.15. The van der Waals surface area contributed by atoms with Gasteiger partial charge in [0.25, 0.3) is 5.91 Å². The van der Waals surface area contributed by atoms with E-state index in [0.29, 0.717) is 24.9 Å². The Kier molecular flexibility index (Phi) is 5.11. The van der Waals surface area contributed by atoms with Crippen molar-refractivity contribution in [2.75, 3.05) is 42.5 Å². The predicted molar refractivity (Wildman–Crippen MR) is 128 cm³/mol. The van der Waals surface area contributed by atoms with Crippen molar-refractivity contribution in [2.24, 2.45) is 0 Å². The molecule has 0 bridgehead atoms. The summed E-state index contributed by atoms with van der Waals surface area (Å²) in [6.45, 7) is 7.54. The molecule has 0 spiro atoms. The summed E-state index contributed by atoms with van der Waals surface area (Å²) in [7, 11) is 0. The lowest BCUT2D eigenvalue weighted by Crippen LogP contribution is -2.49. The molecule has 6 heteroatoms. The fourth-order valence-corrected chi connectivity index (χ4v) is 5.27. The van der Waals surface area contributed by atoms with Crippen LogP contribution in [0.4, 0.5) is 15.9 Å². The van der Waals surface area contributed by atoms with Gasteiger partial charge in [-0.15, -0.1) is 0 Å². The molecule has 172 valence electrons. The highest BCUT2D eigenvalue weighted by Crippen LogP contribution is 2.47. The van der Waals surface area contributed by atoms with Gasteiger partial charge in [-0.1, -0.05) is 12.6 Å². The third-order valence-corrected chi connectivity index (χ3v) is 7.57. The van der Waals surface area contributed by atoms with Crippen molar-refractivity contribution in [3.63, 3.8) is 0 Å². The van der Waals surface area contributed by atoms with Gasteiger partial charge >= 0.3 is 0 Å². The number of allylic oxidation sites excluding steroid dienone is 1. The molecular weight excluding hydrogens is 415 g/mol. The van der Waals surface area contributed by atoms with E-state index in [1.165, 1.54) is 42.9 Å². The van der Waals surface area contributed by atoms with Crippen LogP contribution < -0.4 is 9.80 Å². The van der Waals surface area contributed by atoms with E-state index in [1.54, 1.807) is 11.0 Å². The van der Waals surface area contributed by atoms with Crippen molar-refractivity contribution >= 4 is 17.4 Å². The summed E-state index contributed by atoms with van der Waals surface area (Å²) in [5.74, 6) is 1.77. The van der Waals surface area contributed by atoms with Crippen LogP contribution >= 0.6 is 0 Å². The second-order valence-electron chi connectivity index (χ2n) is 9.99. The smallest absolute Gasteiger partial charge is 0.256 e. The van der Waals surface area contributed by atoms with Gasteiger partial charge in [0.15, 0.2) is 0 Å². The molecule has 1 amide bonds. The van der Waals surface area contributed by atoms with Crippen LogP contribution in [-0.2, 0) is 0 Å². The molecule has 2 saturated heterocycles. The number of carbonyl (C=O) groups excluding carboxylic acids is 1. The monoisotopic (exact) mass is 446 g/mol. The number of anilines is 2. The van der Waals surface area contributed by atoms with Gasteiger partial charge in [0, 0.05) is 50.3 Å². The first-order valence-electron chi connectivity index (χ1n) is 12.4. The lowest BCUT2D eigenvalue weighted by molar-refractivity contribution is 0.0742. The summed E-state index contributed by atoms with van der Waals surface area (Å²) in [5, 5.41) is 0. The minimum Gasteiger partial charge on any atom is -0.353 e. The standard InChI is InChI=1S/C27H31FN4O/c1-18-3-2-10-32(18)22-8-9-23(25(28)16-22)27(33)31-13-11-30(12-14-31)26-24(20-6-7-20)15-21(17-29-26)19-4-5-19/h8-9,15-17,19-20H,1-7,10-14H2. The quantitative estimate of drug-likeness (QED) is 0.644. The Morgan fingerprint density at radius 2 is 1.76 bits per heavy atom. The first kappa shape index (κ1) is 20.7. The van der Waals surface area contributed by atoms with Crippen LogP contribution in [-0.4, -0.2) is 48.5 Å². The maximum Gasteiger partial charge on any atom is 0.256 e. The number of amides is 1. The number of hydrogen-bond acceptors (Lipinski definition) is 4. The van der Waals surface area contributed by atoms with Gasteiger partial charge in [0.2, 0.25) is 0 Å². The molecule has 0 radical (unpaired) electrons. The van der Waals surface area contributed by atoms with Gasteiger partial charge in [-0.2, -0.15) is 0 Å². The summed E-state index contributed by atoms with van der Waals surface area (Å²) >= 11 is 0. The van der Waals surface area contributed by atoms with Crippen LogP contribution in [0.2, 0.25) is 0 Å². The first-order valence-corrected chi connectivity index (χ1v) is 12.4. The zero-order valence-corrected chi connectivity index (χ0v) is 19.1. The van der Waals surface area contributed by atoms with Crippen LogP contribution in [0.1, 0.15) is 71.8 Å². The Morgan fingerprint density at radius 1 is 1.00 bits per heavy atom. The molecule has 2 saturated carbocycles. The molecule has 6 rings (SSSR count). The highest BCUT2D eigenvalue weighted by Gasteiger charge is 2.33. The highest BCUT2D eigenvalue weighted by molar-refractivity contribution is 5.95. The molecule has 2 aromatic rings. The molecule has 0 unspecified atom stereocenters. The average molecular weight is 447 g/mol. The number of aromatic nitrogens is 1. The summed E-state index contributed by atoms with van der Waals surface area (Å²) in [6, 6.07) is 7.35. The number of nitrogens with zero attached hydrogens (tertiary/aromatic N) is 4. The van der Waals surface area contributed by atoms with Gasteiger partial charge in [0.05, 0.1) is 5.56 Å². The van der Waals surface area contributed by atoms with Gasteiger partial charge in [0.1, 0.15) is 11.6 Å². The molecule has 1 aromatic carbocycles. The molecule has 4 fully saturated rings. The molecule has 3 heterocycles. The molecule has 0 N–H and O–H groups in total. The number of benzene rings is 1. The number of piperazine rings is 1. The van der Waals surface area contributed by atoms with E-state index in [-0.39, 0.29) is 11.5 Å². The molecule has 2 aliphatic heterocycles. The van der Waals surface area contributed by atoms with Crippen molar-refractivity contribution in [2.45, 2.75) is 50.4 Å². The Bertz CT molecular complexity index is 1100. The van der Waals surface area contributed by atoms with Gasteiger partial charge in [-0.25, -0.2) is 9.37 Å². The van der Waals surface area contributed by atoms with E-state index in [9.17, 15) is 9.18 Å². The Morgan fingerprint density at radius 3 is 2.39 bits per heavy atom. The van der Waals surface area contributed by atoms with Crippen molar-refractivity contribution in [1.29, 1.82) is 0 Å². The number of carbonyl (C=O) groups is 1. The highest BCUT2D eigenvalue weighted by atomic mass is 19.1. The van der Waals surface area contributed by atoms with Crippen molar-refractivity contribution in [3.05, 3.63) is 65.2 Å². The van der Waals surface area contributed by atoms with E-state index in [2.05, 4.69) is 23.7 Å². The summed E-state index contributed by atoms with van der Waals surface area (Å²) in [4.78, 5) is 24.1. The molecule has 4 aliphatic rings. The summed E-state index contributed by atoms with van der Waals surface area (Å²) in [5.41, 5.74) is 4.73. The Balaban J connectivity index is 1.14. The minimum atomic E-state index is -0.451. The molecule has 1 aromatic heterocycles. The van der Waals surface area contributed by atoms with E-state index < -0.39 is 5.82 Å². The SMILES string of the molecule is C=C1CCCN1c1ccc(C(=O)N2CCN(c3ncc(C4CC4)cc3C3CC3)CC2)c(F)c1. The van der Waals surface area contributed by atoms with E-state index in [4.69, 9.17) is 4.98 Å². The largest absolute Gasteiger partial charge is 0.353 e. The van der Waals surface area contributed by atoms with Gasteiger partial charge in [-0.05, 0) is 79.7 Å². The molecule has 5 nitrogen and oxygen atoms in total. The third-order valence-electron chi connectivity index (χ3n) is 7.57. The lowest BCUT2D eigenvalue weighted by Gasteiger charge is -2.36. The van der Waals surface area contributed by atoms with Gasteiger partial charge in [-0.3, -0.25) is 4.79 Å². The minimum absolute atomic E-state index is 0.155. The van der Waals surface area contributed by atoms with Crippen LogP contribution in [0.25, 0.3) is 0 Å². The van der Waals surface area contributed by atoms with Crippen LogP contribution in [0.3, 0.4) is 0 Å². The van der Waals surface area contributed by atoms with Crippen LogP contribution in [0.5, 0.6) is 0 Å². The van der Waals surface area contributed by atoms with Crippen LogP contribution in [0, 0.1) is 5.82 Å². The topological polar surface area (TPSA) is 39.7 Å². The second-order valence-corrected chi connectivity index (χ2v) is 9.99. The molecule has 33 heavy (non-hydrogen) atoms. The predicted octanol–water partition coefficient (Wildman–Crippen LogP) is 5.05. The van der Waals surface area contributed by atoms with Crippen molar-refractivity contribution in [1.82, 2.24) is 9.88 Å². The zero-order valence-electron chi connectivity index (χ0n) is 19.1. The molecular formula is C27H31FN4O. The first-order chi connectivity index (χ1) is 16.1. The number of halogens is 1. The number of rotatable bonds is 5. The average Bonchev–Trinajstić information content (AvgIpc) is 3.76. The fraction of sp³-hybridized carbons (Fsp3) is 0.481. The zero-order chi connectivity index (χ0) is 22.5. The Labute approximate surface area is 194 Å². The normalized spacial score (nSPS) is 21.1. The third kappa shape index (κ3) is 4.00. The molecule has 2 aliphatic carbocycles.